The number of hydrogen-bond acceptors (Lipinski definition) is 3. The largest absolute Gasteiger partial charge is 0.480 e. The van der Waals surface area contributed by atoms with Crippen LogP contribution < -0.4 is 0 Å². The van der Waals surface area contributed by atoms with Crippen LogP contribution in [0.4, 0.5) is 0 Å². The van der Waals surface area contributed by atoms with Crippen molar-refractivity contribution in [2.75, 3.05) is 6.54 Å². The summed E-state index contributed by atoms with van der Waals surface area (Å²) in [5.74, 6) is -0.752. The summed E-state index contributed by atoms with van der Waals surface area (Å²) in [6.45, 7) is 3.28. The summed E-state index contributed by atoms with van der Waals surface area (Å²) in [6.07, 6.45) is 1.40. The SMILES string of the molecule is CCC(C(=O)O)N1CCc2[nH]nc(-c3ccc(-c4ccccc4)cc3)c2C1. The van der Waals surface area contributed by atoms with Crippen LogP contribution in [-0.4, -0.2) is 38.8 Å². The van der Waals surface area contributed by atoms with Gasteiger partial charge in [-0.1, -0.05) is 61.5 Å². The second-order valence-corrected chi connectivity index (χ2v) is 6.96. The van der Waals surface area contributed by atoms with Crippen LogP contribution in [0.3, 0.4) is 0 Å². The van der Waals surface area contributed by atoms with Crippen molar-refractivity contribution >= 4 is 5.97 Å². The fourth-order valence-corrected chi connectivity index (χ4v) is 3.86. The number of hydrogen-bond donors (Lipinski definition) is 2. The minimum Gasteiger partial charge on any atom is -0.480 e. The Hall–Kier alpha value is -2.92. The zero-order valence-corrected chi connectivity index (χ0v) is 15.4. The molecule has 2 N–H and O–H groups in total. The Bertz CT molecular complexity index is 932. The van der Waals surface area contributed by atoms with E-state index < -0.39 is 12.0 Å². The van der Waals surface area contributed by atoms with Crippen LogP contribution in [-0.2, 0) is 17.8 Å². The Morgan fingerprint density at radius 3 is 2.44 bits per heavy atom. The number of aromatic nitrogens is 2. The van der Waals surface area contributed by atoms with Gasteiger partial charge in [0.15, 0.2) is 0 Å². The maximum atomic E-state index is 11.5. The van der Waals surface area contributed by atoms with Crippen LogP contribution >= 0.6 is 0 Å². The van der Waals surface area contributed by atoms with Gasteiger partial charge in [0.05, 0.1) is 5.69 Å². The van der Waals surface area contributed by atoms with Crippen LogP contribution in [0, 0.1) is 0 Å². The van der Waals surface area contributed by atoms with E-state index in [9.17, 15) is 9.90 Å². The zero-order valence-electron chi connectivity index (χ0n) is 15.4. The number of nitrogens with one attached hydrogen (secondary N) is 1. The van der Waals surface area contributed by atoms with Crippen LogP contribution in [0.2, 0.25) is 0 Å². The highest BCUT2D eigenvalue weighted by Crippen LogP contribution is 2.31. The molecule has 5 nitrogen and oxygen atoms in total. The highest BCUT2D eigenvalue weighted by Gasteiger charge is 2.30. The summed E-state index contributed by atoms with van der Waals surface area (Å²) < 4.78 is 0. The molecular weight excluding hydrogens is 338 g/mol. The van der Waals surface area contributed by atoms with E-state index in [4.69, 9.17) is 0 Å². The maximum absolute atomic E-state index is 11.5. The first kappa shape index (κ1) is 17.5. The molecule has 1 atom stereocenters. The molecule has 0 saturated heterocycles. The van der Waals surface area contributed by atoms with E-state index >= 15 is 0 Å². The minimum absolute atomic E-state index is 0.443. The van der Waals surface area contributed by atoms with Crippen molar-refractivity contribution in [3.63, 3.8) is 0 Å². The molecule has 0 aliphatic carbocycles. The first-order valence-electron chi connectivity index (χ1n) is 9.36. The molecule has 0 radical (unpaired) electrons. The van der Waals surface area contributed by atoms with E-state index in [-0.39, 0.29) is 0 Å². The smallest absolute Gasteiger partial charge is 0.320 e. The van der Waals surface area contributed by atoms with Crippen molar-refractivity contribution < 1.29 is 9.90 Å². The lowest BCUT2D eigenvalue weighted by Crippen LogP contribution is -2.43. The van der Waals surface area contributed by atoms with Gasteiger partial charge in [-0.25, -0.2) is 0 Å². The molecule has 2 aromatic carbocycles. The quantitative estimate of drug-likeness (QED) is 0.722. The lowest BCUT2D eigenvalue weighted by molar-refractivity contribution is -0.143. The molecule has 1 aliphatic rings. The maximum Gasteiger partial charge on any atom is 0.320 e. The van der Waals surface area contributed by atoms with Gasteiger partial charge >= 0.3 is 5.97 Å². The molecule has 2 heterocycles. The van der Waals surface area contributed by atoms with E-state index in [1.165, 1.54) is 11.1 Å². The van der Waals surface area contributed by atoms with Crippen molar-refractivity contribution in [3.8, 4) is 22.4 Å². The molecule has 0 saturated carbocycles. The lowest BCUT2D eigenvalue weighted by Gasteiger charge is -2.31. The highest BCUT2D eigenvalue weighted by atomic mass is 16.4. The Morgan fingerprint density at radius 2 is 1.78 bits per heavy atom. The number of rotatable bonds is 5. The minimum atomic E-state index is -0.752. The van der Waals surface area contributed by atoms with Crippen LogP contribution in [0.1, 0.15) is 24.6 Å². The Morgan fingerprint density at radius 1 is 1.11 bits per heavy atom. The number of H-pyrrole nitrogens is 1. The van der Waals surface area contributed by atoms with E-state index in [1.807, 2.05) is 30.0 Å². The third-order valence-corrected chi connectivity index (χ3v) is 5.34. The molecule has 1 unspecified atom stereocenters. The molecule has 138 valence electrons. The summed E-state index contributed by atoms with van der Waals surface area (Å²) in [5.41, 5.74) is 6.57. The van der Waals surface area contributed by atoms with Crippen LogP contribution in [0.25, 0.3) is 22.4 Å². The molecular formula is C22H23N3O2. The second-order valence-electron chi connectivity index (χ2n) is 6.96. The molecule has 3 aromatic rings. The van der Waals surface area contributed by atoms with Gasteiger partial charge in [-0.2, -0.15) is 5.10 Å². The number of aliphatic carboxylic acids is 1. The number of carboxylic acids is 1. The number of carbonyl (C=O) groups is 1. The van der Waals surface area contributed by atoms with E-state index in [1.54, 1.807) is 0 Å². The topological polar surface area (TPSA) is 69.2 Å². The molecule has 0 spiro atoms. The first-order valence-corrected chi connectivity index (χ1v) is 9.36. The van der Waals surface area contributed by atoms with Crippen molar-refractivity contribution in [2.45, 2.75) is 32.4 Å². The van der Waals surface area contributed by atoms with Crippen LogP contribution in [0.15, 0.2) is 54.6 Å². The van der Waals surface area contributed by atoms with E-state index in [0.29, 0.717) is 13.0 Å². The van der Waals surface area contributed by atoms with Gasteiger partial charge in [-0.15, -0.1) is 0 Å². The molecule has 4 rings (SSSR count). The third kappa shape index (κ3) is 3.38. The normalized spacial score (nSPS) is 15.3. The predicted octanol–water partition coefficient (Wildman–Crippen LogP) is 3.97. The van der Waals surface area contributed by atoms with E-state index in [2.05, 4.69) is 46.6 Å². The van der Waals surface area contributed by atoms with Crippen LogP contribution in [0.5, 0.6) is 0 Å². The third-order valence-electron chi connectivity index (χ3n) is 5.34. The van der Waals surface area contributed by atoms with Gasteiger partial charge < -0.3 is 5.11 Å². The Kier molecular flexibility index (Phi) is 4.77. The fraction of sp³-hybridized carbons (Fsp3) is 0.273. The van der Waals surface area contributed by atoms with E-state index in [0.717, 1.165) is 35.5 Å². The van der Waals surface area contributed by atoms with Gasteiger partial charge in [0.25, 0.3) is 0 Å². The van der Waals surface area contributed by atoms with Gasteiger partial charge in [-0.3, -0.25) is 14.8 Å². The predicted molar refractivity (Wildman–Crippen MR) is 105 cm³/mol. The Labute approximate surface area is 158 Å². The lowest BCUT2D eigenvalue weighted by atomic mass is 9.97. The molecule has 1 aliphatic heterocycles. The summed E-state index contributed by atoms with van der Waals surface area (Å²) in [7, 11) is 0. The van der Waals surface area contributed by atoms with Gasteiger partial charge in [0.2, 0.25) is 0 Å². The Balaban J connectivity index is 1.62. The molecule has 0 bridgehead atoms. The van der Waals surface area contributed by atoms with Crippen molar-refractivity contribution in [3.05, 3.63) is 65.9 Å². The molecule has 0 fully saturated rings. The first-order chi connectivity index (χ1) is 13.2. The standard InChI is InChI=1S/C22H23N3O2/c1-2-20(22(26)27)25-13-12-19-18(14-25)21(24-23-19)17-10-8-16(9-11-17)15-6-4-3-5-7-15/h3-11,20H,2,12-14H2,1H3,(H,23,24)(H,26,27). The summed E-state index contributed by atoms with van der Waals surface area (Å²) in [4.78, 5) is 13.6. The summed E-state index contributed by atoms with van der Waals surface area (Å²) >= 11 is 0. The monoisotopic (exact) mass is 361 g/mol. The number of nitrogens with zero attached hydrogens (tertiary/aromatic N) is 2. The highest BCUT2D eigenvalue weighted by molar-refractivity contribution is 5.74. The number of carboxylic acid groups (broad SMARTS) is 1. The average Bonchev–Trinajstić information content (AvgIpc) is 3.12. The zero-order chi connectivity index (χ0) is 18.8. The van der Waals surface area contributed by atoms with Crippen molar-refractivity contribution in [2.24, 2.45) is 0 Å². The fourth-order valence-electron chi connectivity index (χ4n) is 3.86. The second kappa shape index (κ2) is 7.37. The van der Waals surface area contributed by atoms with Gasteiger partial charge in [-0.05, 0) is 17.5 Å². The summed E-state index contributed by atoms with van der Waals surface area (Å²) in [6, 6.07) is 18.2. The number of aromatic amines is 1. The molecule has 1 aromatic heterocycles. The number of fused-ring (bicyclic) bond motifs is 1. The molecule has 0 amide bonds. The van der Waals surface area contributed by atoms with Crippen molar-refractivity contribution in [1.29, 1.82) is 0 Å². The average molecular weight is 361 g/mol. The van der Waals surface area contributed by atoms with Gasteiger partial charge in [0.1, 0.15) is 6.04 Å². The van der Waals surface area contributed by atoms with Crippen molar-refractivity contribution in [1.82, 2.24) is 15.1 Å². The number of benzene rings is 2. The summed E-state index contributed by atoms with van der Waals surface area (Å²) in [5, 5.41) is 17.2. The van der Waals surface area contributed by atoms with Gasteiger partial charge in [0, 0.05) is 36.3 Å². The molecule has 27 heavy (non-hydrogen) atoms. The molecule has 5 heteroatoms.